The molecule has 4 rings (SSSR count). The molecule has 144 valence electrons. The molecule has 0 aliphatic carbocycles. The molecule has 0 saturated heterocycles. The lowest BCUT2D eigenvalue weighted by atomic mass is 9.93. The molecule has 7 heteroatoms. The summed E-state index contributed by atoms with van der Waals surface area (Å²) in [6, 6.07) is 9.17. The highest BCUT2D eigenvalue weighted by atomic mass is 19.1. The number of aromatic nitrogens is 4. The second-order valence-electron chi connectivity index (χ2n) is 6.22. The third-order valence-corrected chi connectivity index (χ3v) is 4.29. The van der Waals surface area contributed by atoms with Crippen molar-refractivity contribution in [1.82, 2.24) is 19.6 Å². The molecule has 0 unspecified atom stereocenters. The van der Waals surface area contributed by atoms with Gasteiger partial charge in [-0.05, 0) is 30.3 Å². The molecule has 29 heavy (non-hydrogen) atoms. The van der Waals surface area contributed by atoms with E-state index in [0.29, 0.717) is 0 Å². The number of halogens is 2. The van der Waals surface area contributed by atoms with Crippen molar-refractivity contribution < 1.29 is 21.1 Å². The summed E-state index contributed by atoms with van der Waals surface area (Å²) in [6.07, 6.45) is 1.95. The van der Waals surface area contributed by atoms with Gasteiger partial charge in [-0.3, -0.25) is 0 Å². The van der Waals surface area contributed by atoms with Gasteiger partial charge in [0.05, 0.1) is 35.4 Å². The van der Waals surface area contributed by atoms with Gasteiger partial charge in [-0.15, -0.1) is 0 Å². The second-order valence-corrected chi connectivity index (χ2v) is 6.22. The molecule has 2 aromatic carbocycles. The maximum absolute atomic E-state index is 14.7. The third-order valence-electron chi connectivity index (χ3n) is 4.29. The van der Waals surface area contributed by atoms with Gasteiger partial charge in [-0.1, -0.05) is 26.6 Å². The summed E-state index contributed by atoms with van der Waals surface area (Å²) in [5, 5.41) is 13.4. The highest BCUT2D eigenvalue weighted by Crippen LogP contribution is 2.33. The highest BCUT2D eigenvalue weighted by Gasteiger charge is 2.20. The van der Waals surface area contributed by atoms with E-state index >= 15 is 0 Å². The molecule has 0 spiro atoms. The van der Waals surface area contributed by atoms with Gasteiger partial charge < -0.3 is 0 Å². The summed E-state index contributed by atoms with van der Waals surface area (Å²) < 4.78 is 101. The van der Waals surface area contributed by atoms with E-state index < -0.39 is 43.3 Å². The van der Waals surface area contributed by atoms with E-state index in [0.717, 1.165) is 22.8 Å². The number of fused-ring (bicyclic) bond motifs is 1. The van der Waals surface area contributed by atoms with Crippen LogP contribution >= 0.6 is 0 Å². The first-order valence-electron chi connectivity index (χ1n) is 12.7. The summed E-state index contributed by atoms with van der Waals surface area (Å²) in [7, 11) is 0. The van der Waals surface area contributed by atoms with Crippen molar-refractivity contribution in [2.45, 2.75) is 26.0 Å². The zero-order valence-corrected chi connectivity index (χ0v) is 14.6. The first kappa shape index (κ1) is 10.8. The number of imidazole rings is 1. The van der Waals surface area contributed by atoms with E-state index in [4.69, 9.17) is 12.3 Å². The summed E-state index contributed by atoms with van der Waals surface area (Å²) >= 11 is 0. The molecule has 4 aromatic rings. The number of hydrogen-bond donors (Lipinski definition) is 0. The van der Waals surface area contributed by atoms with Crippen LogP contribution in [0.5, 0.6) is 0 Å². The van der Waals surface area contributed by atoms with Gasteiger partial charge in [0.25, 0.3) is 5.78 Å². The Morgan fingerprint density at radius 1 is 1.10 bits per heavy atom. The fourth-order valence-electron chi connectivity index (χ4n) is 2.92. The van der Waals surface area contributed by atoms with Crippen molar-refractivity contribution in [3.63, 3.8) is 0 Å². The number of nitrogens with zero attached hydrogens (tertiary/aromatic N) is 5. The van der Waals surface area contributed by atoms with E-state index in [2.05, 4.69) is 15.1 Å². The van der Waals surface area contributed by atoms with Gasteiger partial charge in [0.1, 0.15) is 11.6 Å². The molecule has 0 radical (unpaired) electrons. The Morgan fingerprint density at radius 2 is 1.93 bits per heavy atom. The Kier molecular flexibility index (Phi) is 2.50. The first-order chi connectivity index (χ1) is 17.5. The fraction of sp³-hybridized carbons (Fsp3) is 0.182. The van der Waals surface area contributed by atoms with Crippen LogP contribution in [0, 0.1) is 23.0 Å². The molecule has 2 aromatic heterocycles. The smallest absolute Gasteiger partial charge is 0.217 e. The Balaban J connectivity index is 1.93. The zero-order chi connectivity index (χ0) is 28.3. The summed E-state index contributed by atoms with van der Waals surface area (Å²) in [4.78, 5) is 7.97. The summed E-state index contributed by atoms with van der Waals surface area (Å²) in [6.45, 7) is -10.6. The van der Waals surface area contributed by atoms with E-state index in [9.17, 15) is 14.0 Å². The van der Waals surface area contributed by atoms with Crippen LogP contribution in [-0.2, 0) is 5.41 Å². The SMILES string of the molecule is [2H]C([2H])([2H])C(c1cnn2c(-c3ccc(F)c(-c4c(F)cccc4C#N)c3)cnc2n1)(C([2H])([2H])[2H])C([2H])([2H])[2H]. The Bertz CT molecular complexity index is 1550. The van der Waals surface area contributed by atoms with E-state index in [1.54, 1.807) is 0 Å². The fourth-order valence-corrected chi connectivity index (χ4v) is 2.92. The molecule has 0 aliphatic rings. The van der Waals surface area contributed by atoms with Crippen molar-refractivity contribution >= 4 is 5.78 Å². The lowest BCUT2D eigenvalue weighted by Crippen LogP contribution is -2.15. The normalized spacial score (nSPS) is 17.5. The summed E-state index contributed by atoms with van der Waals surface area (Å²) in [5.41, 5.74) is -4.35. The lowest BCUT2D eigenvalue weighted by molar-refractivity contribution is 0.562. The Morgan fingerprint density at radius 3 is 2.69 bits per heavy atom. The molecule has 5 nitrogen and oxygen atoms in total. The maximum atomic E-state index is 14.7. The van der Waals surface area contributed by atoms with Crippen molar-refractivity contribution in [1.29, 1.82) is 5.26 Å². The lowest BCUT2D eigenvalue weighted by Gasteiger charge is -2.16. The third kappa shape index (κ3) is 3.23. The van der Waals surface area contributed by atoms with Crippen LogP contribution in [0.1, 0.15) is 44.1 Å². The van der Waals surface area contributed by atoms with Crippen LogP contribution < -0.4 is 0 Å². The Hall–Kier alpha value is -3.66. The van der Waals surface area contributed by atoms with Crippen molar-refractivity contribution in [3.05, 3.63) is 71.7 Å². The molecule has 0 aliphatic heterocycles. The molecule has 0 amide bonds. The van der Waals surface area contributed by atoms with Crippen LogP contribution in [0.2, 0.25) is 0 Å². The molecule has 2 heterocycles. The number of benzene rings is 2. The van der Waals surface area contributed by atoms with Crippen LogP contribution in [0.4, 0.5) is 8.78 Å². The van der Waals surface area contributed by atoms with Crippen molar-refractivity contribution in [2.75, 3.05) is 0 Å². The largest absolute Gasteiger partial charge is 0.251 e. The topological polar surface area (TPSA) is 66.9 Å². The minimum absolute atomic E-state index is 0.0982. The minimum atomic E-state index is -3.53. The highest BCUT2D eigenvalue weighted by molar-refractivity contribution is 5.76. The molecule has 0 bridgehead atoms. The molecule has 0 saturated carbocycles. The van der Waals surface area contributed by atoms with E-state index in [-0.39, 0.29) is 33.7 Å². The Labute approximate surface area is 178 Å². The zero-order valence-electron chi connectivity index (χ0n) is 23.6. The molecule has 0 atom stereocenters. The number of hydrogen-bond acceptors (Lipinski definition) is 4. The van der Waals surface area contributed by atoms with Crippen LogP contribution in [0.15, 0.2) is 48.8 Å². The van der Waals surface area contributed by atoms with E-state index in [1.807, 2.05) is 6.07 Å². The van der Waals surface area contributed by atoms with Gasteiger partial charge in [-0.2, -0.15) is 14.9 Å². The molecule has 0 fully saturated rings. The molecular formula is C22H17F2N5. The second kappa shape index (κ2) is 6.74. The molecule has 0 N–H and O–H groups in total. The van der Waals surface area contributed by atoms with Crippen LogP contribution in [0.25, 0.3) is 28.2 Å². The average molecular weight is 398 g/mol. The van der Waals surface area contributed by atoms with Gasteiger partial charge in [0.2, 0.25) is 0 Å². The predicted molar refractivity (Wildman–Crippen MR) is 105 cm³/mol. The predicted octanol–water partition coefficient (Wildman–Crippen LogP) is 4.91. The standard InChI is InChI=1S/C22H17F2N5/c1-22(2,3)19-12-27-29-18(11-26-21(29)28-19)13-7-8-16(23)15(9-13)20-14(10-25)5-4-6-17(20)24/h4-9,11-12H,1-3H3/i1D3,2D3,3D3. The quantitative estimate of drug-likeness (QED) is 0.481. The number of nitriles is 1. The summed E-state index contributed by atoms with van der Waals surface area (Å²) in [5.74, 6) is -1.96. The van der Waals surface area contributed by atoms with Gasteiger partial charge in [0.15, 0.2) is 0 Å². The van der Waals surface area contributed by atoms with Crippen molar-refractivity contribution in [2.24, 2.45) is 0 Å². The minimum Gasteiger partial charge on any atom is -0.217 e. The van der Waals surface area contributed by atoms with Gasteiger partial charge in [-0.25, -0.2) is 18.7 Å². The van der Waals surface area contributed by atoms with Gasteiger partial charge >= 0.3 is 0 Å². The van der Waals surface area contributed by atoms with E-state index in [1.165, 1.54) is 30.5 Å². The number of rotatable bonds is 2. The van der Waals surface area contributed by atoms with Gasteiger partial charge in [0, 0.05) is 34.4 Å². The van der Waals surface area contributed by atoms with Crippen molar-refractivity contribution in [3.8, 4) is 28.5 Å². The van der Waals surface area contributed by atoms with Crippen LogP contribution in [-0.4, -0.2) is 19.6 Å². The molecular weight excluding hydrogens is 372 g/mol. The first-order valence-corrected chi connectivity index (χ1v) is 8.25. The maximum Gasteiger partial charge on any atom is 0.251 e. The van der Waals surface area contributed by atoms with Crippen LogP contribution in [0.3, 0.4) is 0 Å². The monoisotopic (exact) mass is 398 g/mol. The average Bonchev–Trinajstić information content (AvgIpc) is 3.20.